The van der Waals surface area contributed by atoms with Crippen LogP contribution in [0.15, 0.2) is 10.2 Å². The van der Waals surface area contributed by atoms with E-state index in [2.05, 4.69) is 26.0 Å². The van der Waals surface area contributed by atoms with Crippen LogP contribution in [0.3, 0.4) is 0 Å². The molecule has 0 heterocycles. The van der Waals surface area contributed by atoms with E-state index in [0.717, 1.165) is 6.21 Å². The standard InChI is InChI=1S/C8H11BrF2N2O2/c1-2-15-8(14)5(3-12)7(9)13-4-6(10)11/h3,6,12-13H,2,4H2,1H3/b7-5+,12-3?. The average Bonchev–Trinajstić information content (AvgIpc) is 2.16. The van der Waals surface area contributed by atoms with Gasteiger partial charge in [0, 0.05) is 6.21 Å². The summed E-state index contributed by atoms with van der Waals surface area (Å²) < 4.78 is 28.3. The van der Waals surface area contributed by atoms with Crippen LogP contribution in [0.1, 0.15) is 6.92 Å². The molecule has 0 aliphatic heterocycles. The van der Waals surface area contributed by atoms with Gasteiger partial charge in [-0.15, -0.1) is 0 Å². The van der Waals surface area contributed by atoms with Gasteiger partial charge in [0.15, 0.2) is 0 Å². The molecule has 0 spiro atoms. The van der Waals surface area contributed by atoms with Crippen LogP contribution in [-0.4, -0.2) is 31.8 Å². The highest BCUT2D eigenvalue weighted by Gasteiger charge is 2.13. The molecule has 0 aliphatic carbocycles. The Morgan fingerprint density at radius 2 is 2.27 bits per heavy atom. The third-order valence-corrected chi connectivity index (χ3v) is 2.00. The number of ether oxygens (including phenoxy) is 1. The molecule has 0 bridgehead atoms. The molecular formula is C8H11BrF2N2O2. The molecule has 4 nitrogen and oxygen atoms in total. The van der Waals surface area contributed by atoms with Gasteiger partial charge in [0.1, 0.15) is 5.57 Å². The van der Waals surface area contributed by atoms with Crippen LogP contribution in [0.4, 0.5) is 8.78 Å². The maximum atomic E-state index is 11.8. The fourth-order valence-corrected chi connectivity index (χ4v) is 1.12. The minimum atomic E-state index is -2.54. The number of esters is 1. The Morgan fingerprint density at radius 1 is 1.67 bits per heavy atom. The van der Waals surface area contributed by atoms with Crippen molar-refractivity contribution in [1.82, 2.24) is 5.32 Å². The first-order valence-electron chi connectivity index (χ1n) is 4.12. The van der Waals surface area contributed by atoms with Gasteiger partial charge < -0.3 is 15.5 Å². The van der Waals surface area contributed by atoms with Crippen molar-refractivity contribution < 1.29 is 18.3 Å². The van der Waals surface area contributed by atoms with Gasteiger partial charge in [0.25, 0.3) is 6.43 Å². The minimum Gasteiger partial charge on any atom is -0.462 e. The Labute approximate surface area is 94.3 Å². The van der Waals surface area contributed by atoms with Gasteiger partial charge in [0.2, 0.25) is 0 Å². The molecule has 0 saturated heterocycles. The Bertz CT molecular complexity index is 269. The Balaban J connectivity index is 4.51. The second kappa shape index (κ2) is 7.33. The van der Waals surface area contributed by atoms with E-state index in [1.165, 1.54) is 0 Å². The largest absolute Gasteiger partial charge is 0.462 e. The zero-order valence-electron chi connectivity index (χ0n) is 8.02. The first-order chi connectivity index (χ1) is 7.02. The first kappa shape index (κ1) is 14.0. The van der Waals surface area contributed by atoms with E-state index in [9.17, 15) is 13.6 Å². The third kappa shape index (κ3) is 5.46. The predicted octanol–water partition coefficient (Wildman–Crippen LogP) is 1.66. The smallest absolute Gasteiger partial charge is 0.342 e. The minimum absolute atomic E-state index is 0.0243. The maximum absolute atomic E-state index is 11.8. The highest BCUT2D eigenvalue weighted by Crippen LogP contribution is 2.09. The number of halogens is 3. The predicted molar refractivity (Wildman–Crippen MR) is 55.4 cm³/mol. The Morgan fingerprint density at radius 3 is 2.67 bits per heavy atom. The number of hydrogen-bond acceptors (Lipinski definition) is 4. The maximum Gasteiger partial charge on any atom is 0.342 e. The zero-order chi connectivity index (χ0) is 11.8. The summed E-state index contributed by atoms with van der Waals surface area (Å²) in [5.74, 6) is -0.735. The molecule has 0 amide bonds. The summed E-state index contributed by atoms with van der Waals surface area (Å²) >= 11 is 2.89. The molecule has 0 aromatic rings. The molecule has 0 aliphatic rings. The quantitative estimate of drug-likeness (QED) is 0.338. The van der Waals surface area contributed by atoms with Crippen molar-refractivity contribution in [2.45, 2.75) is 13.3 Å². The lowest BCUT2D eigenvalue weighted by atomic mass is 10.3. The van der Waals surface area contributed by atoms with Crippen molar-refractivity contribution in [3.8, 4) is 0 Å². The van der Waals surface area contributed by atoms with E-state index in [1.807, 2.05) is 0 Å². The molecule has 15 heavy (non-hydrogen) atoms. The topological polar surface area (TPSA) is 62.2 Å². The monoisotopic (exact) mass is 284 g/mol. The molecule has 0 fully saturated rings. The van der Waals surface area contributed by atoms with E-state index < -0.39 is 18.9 Å². The van der Waals surface area contributed by atoms with Gasteiger partial charge in [-0.1, -0.05) is 0 Å². The highest BCUT2D eigenvalue weighted by atomic mass is 79.9. The van der Waals surface area contributed by atoms with E-state index in [1.54, 1.807) is 6.92 Å². The number of carbonyl (C=O) groups excluding carboxylic acids is 1. The van der Waals surface area contributed by atoms with Crippen molar-refractivity contribution in [1.29, 1.82) is 5.41 Å². The van der Waals surface area contributed by atoms with Gasteiger partial charge in [-0.25, -0.2) is 13.6 Å². The van der Waals surface area contributed by atoms with Crippen molar-refractivity contribution in [3.63, 3.8) is 0 Å². The average molecular weight is 285 g/mol. The fraction of sp³-hybridized carbons (Fsp3) is 0.500. The molecule has 0 atom stereocenters. The van der Waals surface area contributed by atoms with Gasteiger partial charge in [-0.05, 0) is 22.9 Å². The van der Waals surface area contributed by atoms with Crippen molar-refractivity contribution in [3.05, 3.63) is 10.2 Å². The van der Waals surface area contributed by atoms with Gasteiger partial charge in [-0.3, -0.25) is 0 Å². The number of rotatable bonds is 6. The number of alkyl halides is 2. The second-order valence-electron chi connectivity index (χ2n) is 2.36. The van der Waals surface area contributed by atoms with Crippen LogP contribution in [0.2, 0.25) is 0 Å². The number of carbonyl (C=O) groups is 1. The van der Waals surface area contributed by atoms with E-state index in [-0.39, 0.29) is 16.8 Å². The van der Waals surface area contributed by atoms with Crippen LogP contribution in [0.25, 0.3) is 0 Å². The fourth-order valence-electron chi connectivity index (χ4n) is 0.683. The first-order valence-corrected chi connectivity index (χ1v) is 4.91. The molecule has 0 unspecified atom stereocenters. The van der Waals surface area contributed by atoms with Crippen LogP contribution in [-0.2, 0) is 9.53 Å². The molecule has 2 N–H and O–H groups in total. The lowest BCUT2D eigenvalue weighted by Crippen LogP contribution is -2.22. The van der Waals surface area contributed by atoms with E-state index in [0.29, 0.717) is 0 Å². The number of hydrogen-bond donors (Lipinski definition) is 2. The summed E-state index contributed by atoms with van der Waals surface area (Å²) in [4.78, 5) is 11.2. The van der Waals surface area contributed by atoms with Crippen LogP contribution >= 0.6 is 15.9 Å². The van der Waals surface area contributed by atoms with Crippen molar-refractivity contribution in [2.75, 3.05) is 13.2 Å². The Kier molecular flexibility index (Phi) is 6.85. The summed E-state index contributed by atoms with van der Waals surface area (Å²) in [6.45, 7) is 1.17. The summed E-state index contributed by atoms with van der Waals surface area (Å²) in [5.41, 5.74) is -0.127. The third-order valence-electron chi connectivity index (χ3n) is 1.29. The molecule has 0 aromatic carbocycles. The second-order valence-corrected chi connectivity index (χ2v) is 3.16. The molecule has 86 valence electrons. The van der Waals surface area contributed by atoms with Gasteiger partial charge in [-0.2, -0.15) is 0 Å². The lowest BCUT2D eigenvalue weighted by Gasteiger charge is -2.07. The molecule has 0 radical (unpaired) electrons. The Hall–Kier alpha value is -0.980. The van der Waals surface area contributed by atoms with Crippen LogP contribution in [0.5, 0.6) is 0 Å². The molecule has 0 aromatic heterocycles. The molecule has 0 saturated carbocycles. The van der Waals surface area contributed by atoms with Crippen LogP contribution < -0.4 is 5.32 Å². The van der Waals surface area contributed by atoms with Crippen molar-refractivity contribution in [2.24, 2.45) is 0 Å². The van der Waals surface area contributed by atoms with Gasteiger partial charge in [0.05, 0.1) is 17.8 Å². The van der Waals surface area contributed by atoms with Gasteiger partial charge >= 0.3 is 5.97 Å². The SMILES string of the molecule is CCOC(=O)/C(C=N)=C(\Br)NCC(F)F. The summed E-state index contributed by atoms with van der Waals surface area (Å²) in [7, 11) is 0. The molecule has 7 heteroatoms. The molecule has 0 rings (SSSR count). The van der Waals surface area contributed by atoms with E-state index in [4.69, 9.17) is 5.41 Å². The summed E-state index contributed by atoms with van der Waals surface area (Å²) in [6, 6.07) is 0. The van der Waals surface area contributed by atoms with Crippen LogP contribution in [0, 0.1) is 5.41 Å². The zero-order valence-corrected chi connectivity index (χ0v) is 9.61. The normalized spacial score (nSPS) is 12.1. The van der Waals surface area contributed by atoms with E-state index >= 15 is 0 Å². The molecular weight excluding hydrogens is 274 g/mol. The highest BCUT2D eigenvalue weighted by molar-refractivity contribution is 9.11. The lowest BCUT2D eigenvalue weighted by molar-refractivity contribution is -0.137. The van der Waals surface area contributed by atoms with Crippen molar-refractivity contribution >= 4 is 28.1 Å². The number of nitrogens with one attached hydrogen (secondary N) is 2. The summed E-state index contributed by atoms with van der Waals surface area (Å²) in [5, 5.41) is 9.21. The summed E-state index contributed by atoms with van der Waals surface area (Å²) in [6.07, 6.45) is -1.80.